The first kappa shape index (κ1) is 79.5. The molecular weight excluding hydrogens is 1020 g/mol. The number of aliphatic hydroxyl groups excluding tert-OH is 1. The number of carbonyl (C=O) groups is 1. The lowest BCUT2D eigenvalue weighted by molar-refractivity contribution is -0.870. The van der Waals surface area contributed by atoms with Gasteiger partial charge >= 0.3 is 7.82 Å². The molecule has 0 saturated heterocycles. The van der Waals surface area contributed by atoms with Crippen LogP contribution >= 0.6 is 7.82 Å². The maximum Gasteiger partial charge on any atom is 0.472 e. The Hall–Kier alpha value is -1.54. The molecule has 0 saturated carbocycles. The Balaban J connectivity index is 4.05. The van der Waals surface area contributed by atoms with Crippen molar-refractivity contribution in [2.75, 3.05) is 40.9 Å². The molecule has 478 valence electrons. The number of likely N-dealkylation sites (N-methyl/N-ethyl adjacent to an activating group) is 1. The molecule has 8 nitrogen and oxygen atoms in total. The highest BCUT2D eigenvalue weighted by Gasteiger charge is 2.28. The molecule has 0 radical (unpaired) electrons. The summed E-state index contributed by atoms with van der Waals surface area (Å²) in [6.07, 6.45) is 85.6. The van der Waals surface area contributed by atoms with Crippen LogP contribution in [0.5, 0.6) is 0 Å². The van der Waals surface area contributed by atoms with Crippen molar-refractivity contribution in [3.05, 3.63) is 48.6 Å². The van der Waals surface area contributed by atoms with E-state index in [1.54, 1.807) is 6.08 Å². The number of amides is 1. The van der Waals surface area contributed by atoms with E-state index < -0.39 is 20.0 Å². The second-order valence-electron chi connectivity index (χ2n) is 25.6. The molecule has 0 spiro atoms. The van der Waals surface area contributed by atoms with Crippen molar-refractivity contribution >= 4 is 13.7 Å². The van der Waals surface area contributed by atoms with Crippen LogP contribution in [0.1, 0.15) is 354 Å². The summed E-state index contributed by atoms with van der Waals surface area (Å²) in [5, 5.41) is 14.0. The molecule has 0 aromatic rings. The fraction of sp³-hybridized carbons (Fsp3) is 0.875. The number of phosphoric ester groups is 1. The topological polar surface area (TPSA) is 105 Å². The highest BCUT2D eigenvalue weighted by atomic mass is 31.2. The number of nitrogens with one attached hydrogen (secondary N) is 1. The van der Waals surface area contributed by atoms with Crippen LogP contribution in [0.4, 0.5) is 0 Å². The van der Waals surface area contributed by atoms with Crippen LogP contribution in [0.3, 0.4) is 0 Å². The van der Waals surface area contributed by atoms with Crippen molar-refractivity contribution in [1.29, 1.82) is 0 Å². The summed E-state index contributed by atoms with van der Waals surface area (Å²) in [6.45, 7) is 4.85. The number of unbranched alkanes of at least 4 members (excludes halogenated alkanes) is 47. The van der Waals surface area contributed by atoms with Crippen LogP contribution in [0.15, 0.2) is 48.6 Å². The Morgan fingerprint density at radius 3 is 1.06 bits per heavy atom. The van der Waals surface area contributed by atoms with Gasteiger partial charge in [-0.05, 0) is 64.2 Å². The fourth-order valence-corrected chi connectivity index (χ4v) is 11.5. The van der Waals surface area contributed by atoms with E-state index in [0.717, 1.165) is 44.9 Å². The molecule has 3 unspecified atom stereocenters. The zero-order valence-corrected chi connectivity index (χ0v) is 55.7. The number of quaternary nitrogens is 1. The first-order valence-electron chi connectivity index (χ1n) is 35.5. The molecule has 1 amide bonds. The van der Waals surface area contributed by atoms with Crippen molar-refractivity contribution in [2.45, 2.75) is 366 Å². The molecule has 9 heteroatoms. The molecule has 0 fully saturated rings. The van der Waals surface area contributed by atoms with E-state index >= 15 is 0 Å². The summed E-state index contributed by atoms with van der Waals surface area (Å²) in [7, 11) is 1.57. The standard InChI is InChI=1S/C72H139N2O6P/c1-6-8-10-12-14-16-18-20-22-24-26-28-30-32-33-34-35-36-37-38-39-40-41-42-44-46-48-50-52-54-56-58-60-62-64-66-72(76)73-70(69-80-81(77,78)79-68-67-74(3,4)5)71(75)65-63-61-59-57-55-53-51-49-47-45-43-31-29-27-25-23-21-19-17-15-13-11-9-7-2/h30,32,34-35,55,57,63,65,70-71,75H,6-29,31,33,36-54,56,58-62,64,66-69H2,1-5H3,(H-,73,76,77,78)/p+1/b32-30-,35-34-,57-55+,65-63+. The highest BCUT2D eigenvalue weighted by molar-refractivity contribution is 7.47. The van der Waals surface area contributed by atoms with Gasteiger partial charge in [0.2, 0.25) is 5.91 Å². The first-order valence-corrected chi connectivity index (χ1v) is 37.0. The third-order valence-corrected chi connectivity index (χ3v) is 17.3. The monoisotopic (exact) mass is 1160 g/mol. The van der Waals surface area contributed by atoms with Crippen LogP contribution in [-0.4, -0.2) is 73.4 Å². The molecule has 0 aliphatic heterocycles. The number of aliphatic hydroxyl groups is 1. The fourth-order valence-electron chi connectivity index (χ4n) is 10.7. The predicted octanol–water partition coefficient (Wildman–Crippen LogP) is 22.6. The molecule has 0 aliphatic carbocycles. The number of allylic oxidation sites excluding steroid dienone is 7. The van der Waals surface area contributed by atoms with Gasteiger partial charge in [-0.2, -0.15) is 0 Å². The molecule has 0 rings (SSSR count). The third kappa shape index (κ3) is 65.9. The number of nitrogens with zero attached hydrogens (tertiary/aromatic N) is 1. The van der Waals surface area contributed by atoms with E-state index in [0.29, 0.717) is 17.4 Å². The summed E-state index contributed by atoms with van der Waals surface area (Å²) in [5.74, 6) is -0.181. The van der Waals surface area contributed by atoms with E-state index in [-0.39, 0.29) is 19.1 Å². The smallest absolute Gasteiger partial charge is 0.387 e. The second kappa shape index (κ2) is 63.0. The Labute approximate surface area is 505 Å². The molecule has 0 aliphatic rings. The molecule has 0 bridgehead atoms. The summed E-state index contributed by atoms with van der Waals surface area (Å²) in [6, 6.07) is -0.865. The average Bonchev–Trinajstić information content (AvgIpc) is 3.43. The normalized spacial score (nSPS) is 13.9. The molecule has 3 N–H and O–H groups in total. The minimum absolute atomic E-state index is 0.0569. The Kier molecular flexibility index (Phi) is 61.8. The number of rotatable bonds is 66. The average molecular weight is 1160 g/mol. The summed E-state index contributed by atoms with van der Waals surface area (Å²) in [4.78, 5) is 23.4. The van der Waals surface area contributed by atoms with Gasteiger partial charge in [0.15, 0.2) is 0 Å². The van der Waals surface area contributed by atoms with Gasteiger partial charge in [-0.1, -0.05) is 332 Å². The van der Waals surface area contributed by atoms with Crippen LogP contribution in [0.2, 0.25) is 0 Å². The number of carbonyl (C=O) groups excluding carboxylic acids is 1. The van der Waals surface area contributed by atoms with Gasteiger partial charge in [0.05, 0.1) is 39.9 Å². The minimum Gasteiger partial charge on any atom is -0.387 e. The Morgan fingerprint density at radius 1 is 0.420 bits per heavy atom. The van der Waals surface area contributed by atoms with Crippen molar-refractivity contribution in [2.24, 2.45) is 0 Å². The van der Waals surface area contributed by atoms with E-state index in [1.165, 1.54) is 289 Å². The summed E-state index contributed by atoms with van der Waals surface area (Å²) < 4.78 is 23.8. The number of phosphoric acid groups is 1. The van der Waals surface area contributed by atoms with Crippen LogP contribution < -0.4 is 5.32 Å². The van der Waals surface area contributed by atoms with Crippen molar-refractivity contribution in [3.63, 3.8) is 0 Å². The lowest BCUT2D eigenvalue weighted by atomic mass is 10.0. The molecular formula is C72H140N2O6P+. The first-order chi connectivity index (χ1) is 39.5. The Bertz CT molecular complexity index is 1460. The molecule has 3 atom stereocenters. The number of hydrogen-bond acceptors (Lipinski definition) is 5. The highest BCUT2D eigenvalue weighted by Crippen LogP contribution is 2.43. The van der Waals surface area contributed by atoms with Crippen LogP contribution in [0.25, 0.3) is 0 Å². The number of hydrogen-bond donors (Lipinski definition) is 3. The van der Waals surface area contributed by atoms with Gasteiger partial charge in [-0.15, -0.1) is 0 Å². The van der Waals surface area contributed by atoms with E-state index in [1.807, 2.05) is 27.2 Å². The van der Waals surface area contributed by atoms with Crippen molar-refractivity contribution in [1.82, 2.24) is 5.32 Å². The lowest BCUT2D eigenvalue weighted by Gasteiger charge is -2.25. The van der Waals surface area contributed by atoms with Gasteiger partial charge < -0.3 is 19.8 Å². The molecule has 0 aromatic carbocycles. The zero-order chi connectivity index (χ0) is 59.1. The van der Waals surface area contributed by atoms with Crippen molar-refractivity contribution in [3.8, 4) is 0 Å². The SMILES string of the molecule is CCCCCCCCCCCCC/C=C\C/C=C\CCCCCCCCCCCCCCCCCCCC(=O)NC(COP(=O)(O)OCC[N+](C)(C)C)C(O)/C=C/CC/C=C/CCCCCCCCCCCCCCCCCCCC. The predicted molar refractivity (Wildman–Crippen MR) is 355 cm³/mol. The van der Waals surface area contributed by atoms with Gasteiger partial charge in [0.1, 0.15) is 13.2 Å². The van der Waals surface area contributed by atoms with Crippen LogP contribution in [-0.2, 0) is 18.4 Å². The van der Waals surface area contributed by atoms with E-state index in [4.69, 9.17) is 9.05 Å². The van der Waals surface area contributed by atoms with Gasteiger partial charge in [0, 0.05) is 6.42 Å². The second-order valence-corrected chi connectivity index (χ2v) is 27.1. The molecule has 0 aromatic heterocycles. The van der Waals surface area contributed by atoms with Crippen LogP contribution in [0, 0.1) is 0 Å². The lowest BCUT2D eigenvalue weighted by Crippen LogP contribution is -2.45. The van der Waals surface area contributed by atoms with E-state index in [2.05, 4.69) is 55.6 Å². The minimum atomic E-state index is -4.36. The maximum atomic E-state index is 13.0. The van der Waals surface area contributed by atoms with Crippen molar-refractivity contribution < 1.29 is 32.9 Å². The quantitative estimate of drug-likeness (QED) is 0.0243. The third-order valence-electron chi connectivity index (χ3n) is 16.3. The zero-order valence-electron chi connectivity index (χ0n) is 54.8. The van der Waals surface area contributed by atoms with Gasteiger partial charge in [0.25, 0.3) is 0 Å². The Morgan fingerprint density at radius 2 is 0.716 bits per heavy atom. The largest absolute Gasteiger partial charge is 0.472 e. The van der Waals surface area contributed by atoms with E-state index in [9.17, 15) is 19.4 Å². The van der Waals surface area contributed by atoms with Gasteiger partial charge in [-0.25, -0.2) is 4.57 Å². The molecule has 81 heavy (non-hydrogen) atoms. The molecule has 0 heterocycles. The van der Waals surface area contributed by atoms with Gasteiger partial charge in [-0.3, -0.25) is 13.8 Å². The maximum absolute atomic E-state index is 13.0. The summed E-state index contributed by atoms with van der Waals surface area (Å²) >= 11 is 0. The summed E-state index contributed by atoms with van der Waals surface area (Å²) in [5.41, 5.74) is 0.